The van der Waals surface area contributed by atoms with Crippen molar-refractivity contribution in [1.29, 1.82) is 0 Å². The van der Waals surface area contributed by atoms with Crippen LogP contribution < -0.4 is 15.5 Å². The van der Waals surface area contributed by atoms with E-state index in [0.717, 1.165) is 39.8 Å². The molecule has 0 saturated heterocycles. The normalized spacial score (nSPS) is 10.8. The first-order valence-electron chi connectivity index (χ1n) is 14.0. The van der Waals surface area contributed by atoms with Crippen molar-refractivity contribution in [1.82, 2.24) is 0 Å². The summed E-state index contributed by atoms with van der Waals surface area (Å²) >= 11 is 2.38. The third-order valence-corrected chi connectivity index (χ3v) is 7.97. The molecule has 6 rings (SSSR count). The summed E-state index contributed by atoms with van der Waals surface area (Å²) in [6.07, 6.45) is 0. The van der Waals surface area contributed by atoms with Gasteiger partial charge in [-0.2, -0.15) is 0 Å². The standard InChI is InChI=1S/C38H32IN3/c1-27-7-3-11-35(23-27)41(37-13-5-9-31(39)25-37)33-19-15-29(16-20-33)30-17-21-34(22-18-30)42(36-12-4-8-28(2)24-36)38-14-6-10-32(40)26-38/h3-26H,40H2,1-2H3. The maximum Gasteiger partial charge on any atom is 0.0482 e. The number of nitrogen functional groups attached to an aromatic ring is 1. The molecule has 42 heavy (non-hydrogen) atoms. The van der Waals surface area contributed by atoms with Crippen LogP contribution in [0.4, 0.5) is 39.8 Å². The van der Waals surface area contributed by atoms with E-state index in [2.05, 4.69) is 174 Å². The topological polar surface area (TPSA) is 32.5 Å². The van der Waals surface area contributed by atoms with Gasteiger partial charge in [-0.1, -0.05) is 60.7 Å². The number of rotatable bonds is 7. The predicted molar refractivity (Wildman–Crippen MR) is 188 cm³/mol. The van der Waals surface area contributed by atoms with Gasteiger partial charge in [-0.05, 0) is 144 Å². The number of hydrogen-bond donors (Lipinski definition) is 1. The number of anilines is 7. The molecule has 0 heterocycles. The van der Waals surface area contributed by atoms with Gasteiger partial charge in [0.25, 0.3) is 0 Å². The van der Waals surface area contributed by atoms with Crippen LogP contribution in [-0.4, -0.2) is 0 Å². The van der Waals surface area contributed by atoms with E-state index in [9.17, 15) is 0 Å². The van der Waals surface area contributed by atoms with Crippen molar-refractivity contribution < 1.29 is 0 Å². The smallest absolute Gasteiger partial charge is 0.0482 e. The minimum Gasteiger partial charge on any atom is -0.399 e. The molecule has 0 amide bonds. The van der Waals surface area contributed by atoms with Gasteiger partial charge in [-0.3, -0.25) is 0 Å². The summed E-state index contributed by atoms with van der Waals surface area (Å²) in [7, 11) is 0. The van der Waals surface area contributed by atoms with E-state index < -0.39 is 0 Å². The summed E-state index contributed by atoms with van der Waals surface area (Å²) in [5.41, 5.74) is 18.3. The van der Waals surface area contributed by atoms with Crippen molar-refractivity contribution in [2.75, 3.05) is 15.5 Å². The minimum atomic E-state index is 0.742. The Balaban J connectivity index is 1.33. The van der Waals surface area contributed by atoms with Crippen molar-refractivity contribution in [3.63, 3.8) is 0 Å². The van der Waals surface area contributed by atoms with Gasteiger partial charge in [-0.25, -0.2) is 0 Å². The van der Waals surface area contributed by atoms with Gasteiger partial charge in [0.2, 0.25) is 0 Å². The van der Waals surface area contributed by atoms with Gasteiger partial charge in [0.05, 0.1) is 0 Å². The molecule has 0 aliphatic heterocycles. The molecule has 0 radical (unpaired) electrons. The maximum atomic E-state index is 6.17. The van der Waals surface area contributed by atoms with E-state index in [1.54, 1.807) is 0 Å². The van der Waals surface area contributed by atoms with E-state index in [1.807, 2.05) is 18.2 Å². The van der Waals surface area contributed by atoms with Crippen molar-refractivity contribution in [2.24, 2.45) is 0 Å². The van der Waals surface area contributed by atoms with Crippen molar-refractivity contribution in [3.05, 3.63) is 160 Å². The van der Waals surface area contributed by atoms with E-state index in [1.165, 1.54) is 25.8 Å². The molecule has 6 aromatic carbocycles. The van der Waals surface area contributed by atoms with Crippen LogP contribution in [-0.2, 0) is 0 Å². The van der Waals surface area contributed by atoms with Crippen LogP contribution in [0.5, 0.6) is 0 Å². The lowest BCUT2D eigenvalue weighted by Gasteiger charge is -2.26. The van der Waals surface area contributed by atoms with Crippen LogP contribution in [0.3, 0.4) is 0 Å². The Morgan fingerprint density at radius 3 is 1.26 bits per heavy atom. The van der Waals surface area contributed by atoms with E-state index >= 15 is 0 Å². The molecule has 0 aliphatic rings. The van der Waals surface area contributed by atoms with Gasteiger partial charge in [0.1, 0.15) is 0 Å². The molecule has 0 fully saturated rings. The van der Waals surface area contributed by atoms with Crippen molar-refractivity contribution >= 4 is 62.4 Å². The van der Waals surface area contributed by atoms with Crippen LogP contribution >= 0.6 is 22.6 Å². The molecular formula is C38H32IN3. The molecule has 206 valence electrons. The maximum absolute atomic E-state index is 6.17. The number of nitrogens with two attached hydrogens (primary N) is 1. The third kappa shape index (κ3) is 6.04. The van der Waals surface area contributed by atoms with Crippen molar-refractivity contribution in [3.8, 4) is 11.1 Å². The lowest BCUT2D eigenvalue weighted by molar-refractivity contribution is 1.27. The fourth-order valence-corrected chi connectivity index (χ4v) is 5.84. The summed E-state index contributed by atoms with van der Waals surface area (Å²) in [6, 6.07) is 51.4. The molecule has 2 N–H and O–H groups in total. The summed E-state index contributed by atoms with van der Waals surface area (Å²) in [6.45, 7) is 4.25. The zero-order chi connectivity index (χ0) is 29.1. The number of aryl methyl sites for hydroxylation is 2. The van der Waals surface area contributed by atoms with Gasteiger partial charge >= 0.3 is 0 Å². The fraction of sp³-hybridized carbons (Fsp3) is 0.0526. The summed E-state index contributed by atoms with van der Waals surface area (Å²) in [4.78, 5) is 4.56. The van der Waals surface area contributed by atoms with Gasteiger partial charge < -0.3 is 15.5 Å². The van der Waals surface area contributed by atoms with Crippen LogP contribution in [0, 0.1) is 17.4 Å². The molecule has 0 aromatic heterocycles. The minimum absolute atomic E-state index is 0.742. The van der Waals surface area contributed by atoms with Gasteiger partial charge in [-0.15, -0.1) is 0 Å². The molecule has 4 heteroatoms. The lowest BCUT2D eigenvalue weighted by Crippen LogP contribution is -2.10. The average molecular weight is 658 g/mol. The Hall–Kier alpha value is -4.55. The average Bonchev–Trinajstić information content (AvgIpc) is 2.99. The number of nitrogens with zero attached hydrogens (tertiary/aromatic N) is 2. The van der Waals surface area contributed by atoms with E-state index in [4.69, 9.17) is 5.73 Å². The quantitative estimate of drug-likeness (QED) is 0.137. The first kappa shape index (κ1) is 27.6. The second kappa shape index (κ2) is 12.1. The van der Waals surface area contributed by atoms with Crippen LogP contribution in [0.1, 0.15) is 11.1 Å². The molecule has 0 atom stereocenters. The fourth-order valence-electron chi connectivity index (χ4n) is 5.31. The van der Waals surface area contributed by atoms with Crippen LogP contribution in [0.25, 0.3) is 11.1 Å². The highest BCUT2D eigenvalue weighted by Gasteiger charge is 2.15. The Bertz CT molecular complexity index is 1600. The SMILES string of the molecule is Cc1cccc(N(c2ccc(-c3ccc(N(c4cccc(C)c4)c4cccc(I)c4)cc3)cc2)c2cccc(N)c2)c1. The monoisotopic (exact) mass is 657 g/mol. The molecular weight excluding hydrogens is 625 g/mol. The molecule has 0 aliphatic carbocycles. The third-order valence-electron chi connectivity index (χ3n) is 7.30. The summed E-state index contributed by atoms with van der Waals surface area (Å²) < 4.78 is 1.21. The highest BCUT2D eigenvalue weighted by molar-refractivity contribution is 14.1. The van der Waals surface area contributed by atoms with Gasteiger partial charge in [0.15, 0.2) is 0 Å². The predicted octanol–water partition coefficient (Wildman–Crippen LogP) is 11.1. The molecule has 0 spiro atoms. The van der Waals surface area contributed by atoms with Crippen LogP contribution in [0.2, 0.25) is 0 Å². The zero-order valence-corrected chi connectivity index (χ0v) is 25.9. The zero-order valence-electron chi connectivity index (χ0n) is 23.7. The lowest BCUT2D eigenvalue weighted by atomic mass is 10.0. The van der Waals surface area contributed by atoms with Gasteiger partial charge in [0, 0.05) is 43.4 Å². The molecule has 6 aromatic rings. The molecule has 0 saturated carbocycles. The van der Waals surface area contributed by atoms with Crippen molar-refractivity contribution in [2.45, 2.75) is 13.8 Å². The Kier molecular flexibility index (Phi) is 7.97. The molecule has 0 bridgehead atoms. The number of benzene rings is 6. The second-order valence-corrected chi connectivity index (χ2v) is 11.8. The van der Waals surface area contributed by atoms with E-state index in [0.29, 0.717) is 0 Å². The van der Waals surface area contributed by atoms with Crippen LogP contribution in [0.15, 0.2) is 146 Å². The molecule has 3 nitrogen and oxygen atoms in total. The second-order valence-electron chi connectivity index (χ2n) is 10.5. The largest absolute Gasteiger partial charge is 0.399 e. The first-order valence-corrected chi connectivity index (χ1v) is 15.1. The Morgan fingerprint density at radius 1 is 0.429 bits per heavy atom. The number of hydrogen-bond acceptors (Lipinski definition) is 3. The van der Waals surface area contributed by atoms with E-state index in [-0.39, 0.29) is 0 Å². The highest BCUT2D eigenvalue weighted by atomic mass is 127. The summed E-state index contributed by atoms with van der Waals surface area (Å²) in [5.74, 6) is 0. The number of halogens is 1. The highest BCUT2D eigenvalue weighted by Crippen LogP contribution is 2.38. The summed E-state index contributed by atoms with van der Waals surface area (Å²) in [5, 5.41) is 0. The molecule has 0 unspecified atom stereocenters. The Labute approximate surface area is 262 Å². The Morgan fingerprint density at radius 2 is 0.833 bits per heavy atom. The first-order chi connectivity index (χ1) is 20.4.